The van der Waals surface area contributed by atoms with Gasteiger partial charge in [-0.25, -0.2) is 4.98 Å². The fourth-order valence-corrected chi connectivity index (χ4v) is 1.85. The van der Waals surface area contributed by atoms with Crippen molar-refractivity contribution in [3.63, 3.8) is 0 Å². The van der Waals surface area contributed by atoms with Gasteiger partial charge < -0.3 is 5.32 Å². The van der Waals surface area contributed by atoms with Crippen molar-refractivity contribution < 1.29 is 0 Å². The highest BCUT2D eigenvalue weighted by molar-refractivity contribution is 6.29. The number of aromatic nitrogens is 2. The van der Waals surface area contributed by atoms with Crippen LogP contribution in [0.15, 0.2) is 36.7 Å². The Hall–Kier alpha value is -1.45. The summed E-state index contributed by atoms with van der Waals surface area (Å²) in [7, 11) is 1.90. The highest BCUT2D eigenvalue weighted by Crippen LogP contribution is 2.04. The van der Waals surface area contributed by atoms with Gasteiger partial charge in [-0.05, 0) is 50.1 Å². The molecule has 3 nitrogen and oxygen atoms in total. The SMILES string of the molecule is CCCCc1ccc(C)nc1.CNCc1ccc(Cl)nc1. The number of aryl methyl sites for hydroxylation is 2. The number of nitrogens with one attached hydrogen (secondary N) is 1. The van der Waals surface area contributed by atoms with E-state index in [0.717, 1.165) is 17.8 Å². The van der Waals surface area contributed by atoms with Gasteiger partial charge in [0.2, 0.25) is 0 Å². The van der Waals surface area contributed by atoms with E-state index >= 15 is 0 Å². The highest BCUT2D eigenvalue weighted by atomic mass is 35.5. The molecule has 0 aliphatic heterocycles. The number of rotatable bonds is 5. The van der Waals surface area contributed by atoms with Crippen molar-refractivity contribution in [2.24, 2.45) is 0 Å². The van der Waals surface area contributed by atoms with Crippen LogP contribution in [0.25, 0.3) is 0 Å². The molecular formula is C17H24ClN3. The first-order valence-electron chi connectivity index (χ1n) is 7.32. The maximum Gasteiger partial charge on any atom is 0.129 e. The number of hydrogen-bond donors (Lipinski definition) is 1. The maximum absolute atomic E-state index is 5.58. The minimum atomic E-state index is 0.542. The number of halogens is 1. The lowest BCUT2D eigenvalue weighted by molar-refractivity contribution is 0.791. The zero-order chi connectivity index (χ0) is 15.5. The number of hydrogen-bond acceptors (Lipinski definition) is 3. The predicted octanol–water partition coefficient (Wildman–Crippen LogP) is 4.19. The Kier molecular flexibility index (Phi) is 8.63. The van der Waals surface area contributed by atoms with E-state index < -0.39 is 0 Å². The van der Waals surface area contributed by atoms with Crippen LogP contribution in [0.1, 0.15) is 36.6 Å². The summed E-state index contributed by atoms with van der Waals surface area (Å²) >= 11 is 5.58. The minimum absolute atomic E-state index is 0.542. The summed E-state index contributed by atoms with van der Waals surface area (Å²) < 4.78 is 0. The van der Waals surface area contributed by atoms with E-state index in [1.807, 2.05) is 26.2 Å². The zero-order valence-electron chi connectivity index (χ0n) is 13.1. The average Bonchev–Trinajstić information content (AvgIpc) is 2.50. The van der Waals surface area contributed by atoms with E-state index in [1.165, 1.54) is 24.8 Å². The molecule has 0 aromatic carbocycles. The van der Waals surface area contributed by atoms with E-state index in [4.69, 9.17) is 11.6 Å². The maximum atomic E-state index is 5.58. The smallest absolute Gasteiger partial charge is 0.129 e. The molecule has 0 unspecified atom stereocenters. The first kappa shape index (κ1) is 17.6. The summed E-state index contributed by atoms with van der Waals surface area (Å²) in [6, 6.07) is 7.98. The Labute approximate surface area is 132 Å². The number of nitrogens with zero attached hydrogens (tertiary/aromatic N) is 2. The second-order valence-corrected chi connectivity index (χ2v) is 5.32. The van der Waals surface area contributed by atoms with Crippen LogP contribution < -0.4 is 5.32 Å². The Morgan fingerprint density at radius 1 is 1.05 bits per heavy atom. The van der Waals surface area contributed by atoms with Crippen LogP contribution in [0.2, 0.25) is 5.15 Å². The van der Waals surface area contributed by atoms with Gasteiger partial charge in [0.15, 0.2) is 0 Å². The third-order valence-corrected chi connectivity index (χ3v) is 3.18. The van der Waals surface area contributed by atoms with Gasteiger partial charge in [-0.3, -0.25) is 4.98 Å². The van der Waals surface area contributed by atoms with Crippen molar-refractivity contribution in [1.29, 1.82) is 0 Å². The summed E-state index contributed by atoms with van der Waals surface area (Å²) in [4.78, 5) is 8.16. The molecule has 0 aliphatic carbocycles. The molecule has 0 amide bonds. The first-order valence-corrected chi connectivity index (χ1v) is 7.70. The Morgan fingerprint density at radius 3 is 2.29 bits per heavy atom. The number of pyridine rings is 2. The van der Waals surface area contributed by atoms with Crippen molar-refractivity contribution in [2.75, 3.05) is 7.05 Å². The quantitative estimate of drug-likeness (QED) is 0.842. The van der Waals surface area contributed by atoms with E-state index in [9.17, 15) is 0 Å². The zero-order valence-corrected chi connectivity index (χ0v) is 13.8. The van der Waals surface area contributed by atoms with E-state index in [0.29, 0.717) is 5.15 Å². The molecule has 0 fully saturated rings. The van der Waals surface area contributed by atoms with Crippen molar-refractivity contribution in [3.8, 4) is 0 Å². The van der Waals surface area contributed by atoms with Crippen LogP contribution in [0.3, 0.4) is 0 Å². The van der Waals surface area contributed by atoms with Gasteiger partial charge >= 0.3 is 0 Å². The molecule has 4 heteroatoms. The van der Waals surface area contributed by atoms with Crippen LogP contribution in [-0.4, -0.2) is 17.0 Å². The molecule has 0 bridgehead atoms. The van der Waals surface area contributed by atoms with Gasteiger partial charge in [-0.1, -0.05) is 37.1 Å². The Morgan fingerprint density at radius 2 is 1.76 bits per heavy atom. The fourth-order valence-electron chi connectivity index (χ4n) is 1.74. The lowest BCUT2D eigenvalue weighted by Crippen LogP contribution is -2.04. The van der Waals surface area contributed by atoms with Gasteiger partial charge in [0.05, 0.1) is 0 Å². The summed E-state index contributed by atoms with van der Waals surface area (Å²) in [5.41, 5.74) is 3.61. The molecule has 2 heterocycles. The summed E-state index contributed by atoms with van der Waals surface area (Å²) in [5, 5.41) is 3.56. The predicted molar refractivity (Wildman–Crippen MR) is 89.6 cm³/mol. The topological polar surface area (TPSA) is 37.8 Å². The number of unbranched alkanes of at least 4 members (excludes halogenated alkanes) is 1. The lowest BCUT2D eigenvalue weighted by Gasteiger charge is -1.98. The normalized spacial score (nSPS) is 9.90. The highest BCUT2D eigenvalue weighted by Gasteiger charge is 1.91. The van der Waals surface area contributed by atoms with Crippen LogP contribution in [0.4, 0.5) is 0 Å². The van der Waals surface area contributed by atoms with Crippen molar-refractivity contribution in [2.45, 2.75) is 39.7 Å². The van der Waals surface area contributed by atoms with Crippen LogP contribution >= 0.6 is 11.6 Å². The van der Waals surface area contributed by atoms with Gasteiger partial charge in [-0.2, -0.15) is 0 Å². The molecule has 0 aliphatic rings. The average molecular weight is 306 g/mol. The van der Waals surface area contributed by atoms with Crippen LogP contribution in [0.5, 0.6) is 0 Å². The van der Waals surface area contributed by atoms with Gasteiger partial charge in [0.1, 0.15) is 5.15 Å². The Bertz CT molecular complexity index is 494. The summed E-state index contributed by atoms with van der Waals surface area (Å²) in [6.45, 7) is 5.06. The summed E-state index contributed by atoms with van der Waals surface area (Å²) in [6.07, 6.45) is 7.44. The Balaban J connectivity index is 0.000000211. The third-order valence-electron chi connectivity index (χ3n) is 2.96. The third kappa shape index (κ3) is 7.78. The largest absolute Gasteiger partial charge is 0.316 e. The van der Waals surface area contributed by atoms with Crippen molar-refractivity contribution in [3.05, 3.63) is 58.6 Å². The summed E-state index contributed by atoms with van der Waals surface area (Å²) in [5.74, 6) is 0. The molecule has 0 spiro atoms. The molecule has 2 rings (SSSR count). The van der Waals surface area contributed by atoms with Gasteiger partial charge in [0.25, 0.3) is 0 Å². The second kappa shape index (κ2) is 10.3. The van der Waals surface area contributed by atoms with E-state index in [-0.39, 0.29) is 0 Å². The lowest BCUT2D eigenvalue weighted by atomic mass is 10.1. The molecule has 0 atom stereocenters. The monoisotopic (exact) mass is 305 g/mol. The van der Waals surface area contributed by atoms with Crippen LogP contribution in [0, 0.1) is 6.92 Å². The fraction of sp³-hybridized carbons (Fsp3) is 0.412. The minimum Gasteiger partial charge on any atom is -0.316 e. The molecule has 2 aromatic rings. The van der Waals surface area contributed by atoms with E-state index in [2.05, 4.69) is 34.3 Å². The molecule has 21 heavy (non-hydrogen) atoms. The molecule has 0 saturated carbocycles. The molecule has 0 saturated heterocycles. The first-order chi connectivity index (χ1) is 10.2. The van der Waals surface area contributed by atoms with Crippen LogP contribution in [-0.2, 0) is 13.0 Å². The molecule has 0 radical (unpaired) electrons. The molecule has 114 valence electrons. The second-order valence-electron chi connectivity index (χ2n) is 4.93. The van der Waals surface area contributed by atoms with Gasteiger partial charge in [-0.15, -0.1) is 0 Å². The molecule has 2 aromatic heterocycles. The van der Waals surface area contributed by atoms with E-state index in [1.54, 1.807) is 12.3 Å². The van der Waals surface area contributed by atoms with Gasteiger partial charge in [0, 0.05) is 24.6 Å². The molecule has 1 N–H and O–H groups in total. The standard InChI is InChI=1S/C10H15N.C7H9ClN2/c1-3-4-5-10-7-6-9(2)11-8-10;1-9-4-6-2-3-7(8)10-5-6/h6-8H,3-5H2,1-2H3;2-3,5,9H,4H2,1H3. The van der Waals surface area contributed by atoms with Crippen molar-refractivity contribution in [1.82, 2.24) is 15.3 Å². The van der Waals surface area contributed by atoms with Crippen molar-refractivity contribution >= 4 is 11.6 Å². The molecular weight excluding hydrogens is 282 g/mol.